The van der Waals surface area contributed by atoms with Crippen LogP contribution in [-0.4, -0.2) is 47.8 Å². The van der Waals surface area contributed by atoms with Crippen molar-refractivity contribution in [2.24, 2.45) is 11.8 Å². The Labute approximate surface area is 220 Å². The number of hydrogen-bond donors (Lipinski definition) is 2. The van der Waals surface area contributed by atoms with Gasteiger partial charge in [0.2, 0.25) is 17.7 Å². The minimum atomic E-state index is -0.842. The molecule has 192 valence electrons. The largest absolute Gasteiger partial charge is 0.356 e. The fourth-order valence-corrected chi connectivity index (χ4v) is 5.13. The number of hydrogen-bond acceptors (Lipinski definition) is 4. The van der Waals surface area contributed by atoms with Crippen molar-refractivity contribution in [3.63, 3.8) is 0 Å². The molecule has 37 heavy (non-hydrogen) atoms. The van der Waals surface area contributed by atoms with Gasteiger partial charge < -0.3 is 15.5 Å². The van der Waals surface area contributed by atoms with E-state index in [9.17, 15) is 24.0 Å². The van der Waals surface area contributed by atoms with Gasteiger partial charge in [-0.15, -0.1) is 0 Å². The maximum absolute atomic E-state index is 14.2. The van der Waals surface area contributed by atoms with E-state index in [-0.39, 0.29) is 34.7 Å². The molecule has 2 fully saturated rings. The third kappa shape index (κ3) is 6.75. The lowest BCUT2D eigenvalue weighted by atomic mass is 9.96. The Bertz CT molecular complexity index is 1230. The molecular formula is C28H28ClFN4O3. The second-order valence-electron chi connectivity index (χ2n) is 9.50. The Morgan fingerprint density at radius 3 is 2.73 bits per heavy atom. The van der Waals surface area contributed by atoms with Gasteiger partial charge in [-0.25, -0.2) is 4.39 Å². The molecule has 2 saturated heterocycles. The predicted molar refractivity (Wildman–Crippen MR) is 137 cm³/mol. The molecule has 0 spiro atoms. The van der Waals surface area contributed by atoms with Crippen molar-refractivity contribution in [2.45, 2.75) is 37.8 Å². The number of likely N-dealkylation sites (tertiary alicyclic amines) is 1. The number of rotatable bonds is 8. The van der Waals surface area contributed by atoms with Crippen molar-refractivity contribution < 1.29 is 18.8 Å². The van der Waals surface area contributed by atoms with Gasteiger partial charge in [0.25, 0.3) is 0 Å². The molecule has 2 heterocycles. The van der Waals surface area contributed by atoms with Gasteiger partial charge in [0, 0.05) is 35.7 Å². The molecule has 3 amide bonds. The zero-order chi connectivity index (χ0) is 26.4. The highest BCUT2D eigenvalue weighted by atomic mass is 35.5. The highest BCUT2D eigenvalue weighted by molar-refractivity contribution is 6.30. The molecule has 2 N–H and O–H groups in total. The predicted octanol–water partition coefficient (Wildman–Crippen LogP) is 3.49. The van der Waals surface area contributed by atoms with Gasteiger partial charge in [-0.3, -0.25) is 14.4 Å². The van der Waals surface area contributed by atoms with Crippen LogP contribution in [0.4, 0.5) is 4.39 Å². The van der Waals surface area contributed by atoms with Crippen molar-refractivity contribution in [1.82, 2.24) is 15.5 Å². The zero-order valence-electron chi connectivity index (χ0n) is 20.2. The summed E-state index contributed by atoms with van der Waals surface area (Å²) in [5, 5.41) is 15.3. The summed E-state index contributed by atoms with van der Waals surface area (Å²) in [5.41, 5.74) is 1.31. The Morgan fingerprint density at radius 1 is 1.27 bits per heavy atom. The van der Waals surface area contributed by atoms with Crippen molar-refractivity contribution >= 4 is 35.4 Å². The number of benzene rings is 2. The number of carbonyl (C=O) groups is 3. The van der Waals surface area contributed by atoms with Gasteiger partial charge in [0.05, 0.1) is 6.07 Å². The number of nitrogens with zero attached hydrogens (tertiary/aromatic N) is 2. The quantitative estimate of drug-likeness (QED) is 0.518. The number of carbonyl (C=O) groups excluding carboxylic acids is 3. The van der Waals surface area contributed by atoms with E-state index < -0.39 is 29.7 Å². The van der Waals surface area contributed by atoms with Crippen LogP contribution in [-0.2, 0) is 20.8 Å². The minimum absolute atomic E-state index is 0.0314. The molecular weight excluding hydrogens is 495 g/mol. The molecule has 2 aliphatic rings. The summed E-state index contributed by atoms with van der Waals surface area (Å²) < 4.78 is 14.2. The van der Waals surface area contributed by atoms with Crippen LogP contribution >= 0.6 is 11.6 Å². The maximum atomic E-state index is 14.2. The number of nitrogens with one attached hydrogen (secondary N) is 2. The first kappa shape index (κ1) is 26.4. The fourth-order valence-electron chi connectivity index (χ4n) is 4.97. The summed E-state index contributed by atoms with van der Waals surface area (Å²) >= 11 is 5.81. The topological polar surface area (TPSA) is 102 Å². The summed E-state index contributed by atoms with van der Waals surface area (Å²) in [5.74, 6) is -1.82. The van der Waals surface area contributed by atoms with E-state index in [1.807, 2.05) is 30.3 Å². The van der Waals surface area contributed by atoms with Gasteiger partial charge >= 0.3 is 0 Å². The van der Waals surface area contributed by atoms with E-state index in [1.165, 1.54) is 35.3 Å². The van der Waals surface area contributed by atoms with Crippen molar-refractivity contribution in [2.75, 3.05) is 13.1 Å². The lowest BCUT2D eigenvalue weighted by Gasteiger charge is -2.24. The molecule has 4 atom stereocenters. The molecule has 4 rings (SSSR count). The number of nitriles is 1. The molecule has 0 aliphatic carbocycles. The van der Waals surface area contributed by atoms with Gasteiger partial charge in [-0.2, -0.15) is 5.26 Å². The molecule has 2 aromatic rings. The van der Waals surface area contributed by atoms with E-state index in [0.29, 0.717) is 32.4 Å². The Hall–Kier alpha value is -3.70. The van der Waals surface area contributed by atoms with Gasteiger partial charge in [0.1, 0.15) is 17.9 Å². The average molecular weight is 523 g/mol. The molecule has 0 radical (unpaired) electrons. The normalized spacial score (nSPS) is 22.0. The van der Waals surface area contributed by atoms with Gasteiger partial charge in [0.15, 0.2) is 0 Å². The van der Waals surface area contributed by atoms with Crippen molar-refractivity contribution in [1.29, 1.82) is 5.26 Å². The average Bonchev–Trinajstić information content (AvgIpc) is 3.49. The molecule has 2 aliphatic heterocycles. The summed E-state index contributed by atoms with van der Waals surface area (Å²) in [6.45, 7) is 0.906. The zero-order valence-corrected chi connectivity index (χ0v) is 21.0. The maximum Gasteiger partial charge on any atom is 0.247 e. The number of amides is 3. The summed E-state index contributed by atoms with van der Waals surface area (Å²) in [6, 6.07) is 14.4. The molecule has 0 unspecified atom stereocenters. The van der Waals surface area contributed by atoms with Crippen molar-refractivity contribution in [3.05, 3.63) is 76.6 Å². The monoisotopic (exact) mass is 522 g/mol. The van der Waals surface area contributed by atoms with E-state index >= 15 is 0 Å². The van der Waals surface area contributed by atoms with Crippen LogP contribution in [0.25, 0.3) is 6.08 Å². The second-order valence-corrected chi connectivity index (χ2v) is 9.94. The molecule has 2 aromatic carbocycles. The Morgan fingerprint density at radius 2 is 2.05 bits per heavy atom. The van der Waals surface area contributed by atoms with E-state index in [0.717, 1.165) is 5.56 Å². The third-order valence-corrected chi connectivity index (χ3v) is 7.10. The number of halogens is 2. The van der Waals surface area contributed by atoms with Crippen LogP contribution in [0.5, 0.6) is 0 Å². The summed E-state index contributed by atoms with van der Waals surface area (Å²) in [4.78, 5) is 39.9. The SMILES string of the molecule is N#C[C@H](C[C@@H]1CCNC1=O)NC(=O)[C@@H]1C[C@@H](Cc2ccccc2)CN1C(=O)/C=C/c1ccc(Cl)cc1F. The molecule has 9 heteroatoms. The van der Waals surface area contributed by atoms with Gasteiger partial charge in [-0.05, 0) is 55.4 Å². The van der Waals surface area contributed by atoms with Crippen LogP contribution in [0, 0.1) is 29.0 Å². The van der Waals surface area contributed by atoms with E-state index in [4.69, 9.17) is 11.6 Å². The molecule has 7 nitrogen and oxygen atoms in total. The minimum Gasteiger partial charge on any atom is -0.356 e. The van der Waals surface area contributed by atoms with Crippen LogP contribution in [0.3, 0.4) is 0 Å². The Balaban J connectivity index is 1.49. The Kier molecular flexibility index (Phi) is 8.57. The van der Waals surface area contributed by atoms with Gasteiger partial charge in [-0.1, -0.05) is 48.0 Å². The second kappa shape index (κ2) is 12.0. The highest BCUT2D eigenvalue weighted by Gasteiger charge is 2.40. The van der Waals surface area contributed by atoms with Crippen LogP contribution in [0.2, 0.25) is 5.02 Å². The molecule has 0 aromatic heterocycles. The van der Waals surface area contributed by atoms with Crippen LogP contribution in [0.15, 0.2) is 54.6 Å². The first-order valence-electron chi connectivity index (χ1n) is 12.3. The summed E-state index contributed by atoms with van der Waals surface area (Å²) in [7, 11) is 0. The third-order valence-electron chi connectivity index (χ3n) is 6.86. The van der Waals surface area contributed by atoms with E-state index in [1.54, 1.807) is 0 Å². The lowest BCUT2D eigenvalue weighted by Crippen LogP contribution is -2.48. The van der Waals surface area contributed by atoms with Crippen LogP contribution < -0.4 is 10.6 Å². The summed E-state index contributed by atoms with van der Waals surface area (Å²) in [6.07, 6.45) is 4.57. The highest BCUT2D eigenvalue weighted by Crippen LogP contribution is 2.28. The lowest BCUT2D eigenvalue weighted by molar-refractivity contribution is -0.135. The molecule has 0 bridgehead atoms. The van der Waals surface area contributed by atoms with Crippen LogP contribution in [0.1, 0.15) is 30.4 Å². The fraction of sp³-hybridized carbons (Fsp3) is 0.357. The standard InChI is InChI=1S/C28H28ClFN4O3/c29-22-8-6-20(24(30)15-22)7-9-26(35)34-17-19(12-18-4-2-1-3-5-18)13-25(34)28(37)33-23(16-31)14-21-10-11-32-27(21)36/h1-9,15,19,21,23,25H,10-14,17H2,(H,32,36)(H,33,37)/b9-7+/t19-,21+,23+,25+/m1/s1. The van der Waals surface area contributed by atoms with Crippen molar-refractivity contribution in [3.8, 4) is 6.07 Å². The van der Waals surface area contributed by atoms with E-state index in [2.05, 4.69) is 16.7 Å². The first-order chi connectivity index (χ1) is 17.8. The smallest absolute Gasteiger partial charge is 0.247 e. The first-order valence-corrected chi connectivity index (χ1v) is 12.7. The molecule has 0 saturated carbocycles.